The molecule has 0 aromatic carbocycles. The zero-order valence-electron chi connectivity index (χ0n) is 14.2. The molecule has 0 aliphatic carbocycles. The number of rotatable bonds is 14. The summed E-state index contributed by atoms with van der Waals surface area (Å²) in [4.78, 5) is 21.2. The predicted molar refractivity (Wildman–Crippen MR) is 93.5 cm³/mol. The molecule has 0 heterocycles. The highest BCUT2D eigenvalue weighted by Crippen LogP contribution is 2.10. The van der Waals surface area contributed by atoms with Gasteiger partial charge in [-0.25, -0.2) is 9.59 Å². The number of carbonyl (C=O) groups is 2. The first-order valence-electron chi connectivity index (χ1n) is 8.59. The minimum Gasteiger partial charge on any atom is -0.477 e. The van der Waals surface area contributed by atoms with Crippen LogP contribution in [-0.2, 0) is 9.59 Å². The van der Waals surface area contributed by atoms with Gasteiger partial charge in [0.05, 0.1) is 0 Å². The second-order valence-corrected chi connectivity index (χ2v) is 5.62. The summed E-state index contributed by atoms with van der Waals surface area (Å²) in [7, 11) is 0. The molecule has 0 amide bonds. The Bertz CT molecular complexity index is 403. The summed E-state index contributed by atoms with van der Waals surface area (Å²) in [6.07, 6.45) is 20.8. The van der Waals surface area contributed by atoms with Crippen LogP contribution in [0.5, 0.6) is 0 Å². The molecule has 0 aliphatic heterocycles. The average Bonchev–Trinajstić information content (AvgIpc) is 2.50. The smallest absolute Gasteiger partial charge is 0.343 e. The van der Waals surface area contributed by atoms with E-state index in [9.17, 15) is 9.59 Å². The van der Waals surface area contributed by atoms with Gasteiger partial charge < -0.3 is 10.2 Å². The Labute approximate surface area is 139 Å². The molecule has 0 fully saturated rings. The second kappa shape index (κ2) is 15.1. The summed E-state index contributed by atoms with van der Waals surface area (Å²) in [5.41, 5.74) is -0.631. The van der Waals surface area contributed by atoms with Crippen LogP contribution in [0.4, 0.5) is 0 Å². The average molecular weight is 322 g/mol. The van der Waals surface area contributed by atoms with Crippen molar-refractivity contribution in [3.63, 3.8) is 0 Å². The molecule has 0 saturated carbocycles. The molecule has 0 rings (SSSR count). The molecule has 130 valence electrons. The first-order valence-corrected chi connectivity index (χ1v) is 8.59. The van der Waals surface area contributed by atoms with Crippen molar-refractivity contribution >= 4 is 11.9 Å². The van der Waals surface area contributed by atoms with E-state index in [1.165, 1.54) is 57.4 Å². The maximum atomic E-state index is 10.6. The van der Waals surface area contributed by atoms with E-state index < -0.39 is 17.5 Å². The third kappa shape index (κ3) is 13.5. The highest BCUT2D eigenvalue weighted by molar-refractivity contribution is 6.12. The lowest BCUT2D eigenvalue weighted by atomic mass is 10.1. The van der Waals surface area contributed by atoms with Gasteiger partial charge in [0.25, 0.3) is 0 Å². The van der Waals surface area contributed by atoms with E-state index >= 15 is 0 Å². The zero-order chi connectivity index (χ0) is 17.3. The maximum Gasteiger partial charge on any atom is 0.343 e. The Kier molecular flexibility index (Phi) is 13.9. The predicted octanol–water partition coefficient (Wildman–Crippen LogP) is 5.12. The number of hydrogen-bond donors (Lipinski definition) is 2. The van der Waals surface area contributed by atoms with Gasteiger partial charge in [-0.05, 0) is 18.9 Å². The minimum absolute atomic E-state index is 0.631. The largest absolute Gasteiger partial charge is 0.477 e. The molecule has 0 aromatic heterocycles. The fraction of sp³-hybridized carbons (Fsp3) is 0.579. The van der Waals surface area contributed by atoms with Crippen molar-refractivity contribution in [1.29, 1.82) is 0 Å². The summed E-state index contributed by atoms with van der Waals surface area (Å²) in [5.74, 6) is -2.86. The summed E-state index contributed by atoms with van der Waals surface area (Å²) >= 11 is 0. The van der Waals surface area contributed by atoms with Gasteiger partial charge in [0, 0.05) is 0 Å². The standard InChI is InChI=1S/C19H30O4/c1-2-3-4-5-6-7-8-9-10-11-12-13-14-15-16-17(18(20)21)19(22)23/h12-16H,2-11H2,1H3,(H,20,21)(H,22,23)/b13-12+,15-14+. The van der Waals surface area contributed by atoms with E-state index in [4.69, 9.17) is 10.2 Å². The fourth-order valence-electron chi connectivity index (χ4n) is 2.20. The highest BCUT2D eigenvalue weighted by Gasteiger charge is 2.13. The Hall–Kier alpha value is -1.84. The minimum atomic E-state index is -1.43. The molecular weight excluding hydrogens is 292 g/mol. The van der Waals surface area contributed by atoms with Gasteiger partial charge in [-0.15, -0.1) is 0 Å². The Balaban J connectivity index is 3.64. The van der Waals surface area contributed by atoms with Gasteiger partial charge >= 0.3 is 11.9 Å². The SMILES string of the molecule is CCCCCCCCCCC/C=C/C=C/C=C(C(=O)O)C(=O)O. The van der Waals surface area contributed by atoms with Crippen LogP contribution in [0.25, 0.3) is 0 Å². The molecule has 4 nitrogen and oxygen atoms in total. The Morgan fingerprint density at radius 3 is 1.78 bits per heavy atom. The van der Waals surface area contributed by atoms with Crippen molar-refractivity contribution in [3.8, 4) is 0 Å². The van der Waals surface area contributed by atoms with Crippen molar-refractivity contribution in [2.45, 2.75) is 71.1 Å². The lowest BCUT2D eigenvalue weighted by Gasteiger charge is -2.00. The molecule has 0 bridgehead atoms. The van der Waals surface area contributed by atoms with E-state index in [-0.39, 0.29) is 0 Å². The van der Waals surface area contributed by atoms with E-state index in [2.05, 4.69) is 6.92 Å². The molecule has 4 heteroatoms. The molecule has 0 radical (unpaired) electrons. The molecule has 0 saturated heterocycles. The number of allylic oxidation sites excluding steroid dienone is 5. The van der Waals surface area contributed by atoms with Gasteiger partial charge in [0.1, 0.15) is 5.57 Å². The molecular formula is C19H30O4. The van der Waals surface area contributed by atoms with Gasteiger partial charge in [0.15, 0.2) is 0 Å². The lowest BCUT2D eigenvalue weighted by Crippen LogP contribution is -2.10. The van der Waals surface area contributed by atoms with E-state index in [1.54, 1.807) is 6.08 Å². The molecule has 0 spiro atoms. The van der Waals surface area contributed by atoms with Crippen LogP contribution >= 0.6 is 0 Å². The van der Waals surface area contributed by atoms with Crippen LogP contribution < -0.4 is 0 Å². The number of aliphatic carboxylic acids is 2. The lowest BCUT2D eigenvalue weighted by molar-refractivity contribution is -0.140. The van der Waals surface area contributed by atoms with Crippen molar-refractivity contribution < 1.29 is 19.8 Å². The molecule has 0 atom stereocenters. The number of carboxylic acids is 2. The van der Waals surface area contributed by atoms with Gasteiger partial charge in [0.2, 0.25) is 0 Å². The highest BCUT2D eigenvalue weighted by atomic mass is 16.4. The third-order valence-corrected chi connectivity index (χ3v) is 3.56. The van der Waals surface area contributed by atoms with Crippen LogP contribution in [-0.4, -0.2) is 22.2 Å². The van der Waals surface area contributed by atoms with Crippen LogP contribution in [0.2, 0.25) is 0 Å². The summed E-state index contributed by atoms with van der Waals surface area (Å²) < 4.78 is 0. The number of unbranched alkanes of at least 4 members (excludes halogenated alkanes) is 9. The molecule has 0 aromatic rings. The fourth-order valence-corrected chi connectivity index (χ4v) is 2.20. The normalized spacial score (nSPS) is 11.2. The second-order valence-electron chi connectivity index (χ2n) is 5.62. The van der Waals surface area contributed by atoms with Crippen molar-refractivity contribution in [2.75, 3.05) is 0 Å². The molecule has 0 unspecified atom stereocenters. The van der Waals surface area contributed by atoms with E-state index in [0.29, 0.717) is 0 Å². The number of carboxylic acid groups (broad SMARTS) is 2. The first-order chi connectivity index (χ1) is 11.1. The van der Waals surface area contributed by atoms with Crippen molar-refractivity contribution in [1.82, 2.24) is 0 Å². The molecule has 0 aliphatic rings. The maximum absolute atomic E-state index is 10.6. The quantitative estimate of drug-likeness (QED) is 0.153. The Morgan fingerprint density at radius 1 is 0.739 bits per heavy atom. The zero-order valence-corrected chi connectivity index (χ0v) is 14.2. The van der Waals surface area contributed by atoms with Crippen LogP contribution in [0, 0.1) is 0 Å². The van der Waals surface area contributed by atoms with Crippen molar-refractivity contribution in [2.24, 2.45) is 0 Å². The molecule has 2 N–H and O–H groups in total. The van der Waals surface area contributed by atoms with E-state index in [0.717, 1.165) is 18.9 Å². The Morgan fingerprint density at radius 2 is 1.26 bits per heavy atom. The van der Waals surface area contributed by atoms with Crippen LogP contribution in [0.1, 0.15) is 71.1 Å². The summed E-state index contributed by atoms with van der Waals surface area (Å²) in [6, 6.07) is 0. The third-order valence-electron chi connectivity index (χ3n) is 3.56. The molecule has 23 heavy (non-hydrogen) atoms. The van der Waals surface area contributed by atoms with Gasteiger partial charge in [-0.2, -0.15) is 0 Å². The topological polar surface area (TPSA) is 74.6 Å². The van der Waals surface area contributed by atoms with Crippen molar-refractivity contribution in [3.05, 3.63) is 36.0 Å². The van der Waals surface area contributed by atoms with Gasteiger partial charge in [-0.1, -0.05) is 82.6 Å². The summed E-state index contributed by atoms with van der Waals surface area (Å²) in [5, 5.41) is 17.3. The first kappa shape index (κ1) is 21.2. The van der Waals surface area contributed by atoms with Gasteiger partial charge in [-0.3, -0.25) is 0 Å². The van der Waals surface area contributed by atoms with Crippen LogP contribution in [0.3, 0.4) is 0 Å². The van der Waals surface area contributed by atoms with E-state index in [1.807, 2.05) is 12.2 Å². The monoisotopic (exact) mass is 322 g/mol. The van der Waals surface area contributed by atoms with Crippen LogP contribution in [0.15, 0.2) is 36.0 Å². The summed E-state index contributed by atoms with van der Waals surface area (Å²) in [6.45, 7) is 2.23. The number of hydrogen-bond acceptors (Lipinski definition) is 2.